The molecule has 1 aliphatic rings. The van der Waals surface area contributed by atoms with Gasteiger partial charge in [-0.25, -0.2) is 4.79 Å². The Hall–Kier alpha value is -0.770. The molecule has 0 bridgehead atoms. The highest BCUT2D eigenvalue weighted by Gasteiger charge is 2.24. The van der Waals surface area contributed by atoms with Crippen LogP contribution in [0.1, 0.15) is 12.8 Å². The lowest BCUT2D eigenvalue weighted by atomic mass is 10.3. The lowest BCUT2D eigenvalue weighted by molar-refractivity contribution is 0.141. The van der Waals surface area contributed by atoms with E-state index in [4.69, 9.17) is 10.8 Å². The Labute approximate surface area is 53.2 Å². The second-order valence-electron chi connectivity index (χ2n) is 2.19. The number of likely N-dealkylation sites (tertiary alicyclic amines) is 1. The van der Waals surface area contributed by atoms with Crippen LogP contribution in [0.3, 0.4) is 0 Å². The summed E-state index contributed by atoms with van der Waals surface area (Å²) in [6.45, 7) is 0.594. The molecule has 0 aliphatic carbocycles. The normalized spacial score (nSPS) is 26.8. The fourth-order valence-electron chi connectivity index (χ4n) is 1.03. The highest BCUT2D eigenvalue weighted by Crippen LogP contribution is 2.11. The van der Waals surface area contributed by atoms with Crippen molar-refractivity contribution in [2.45, 2.75) is 19.0 Å². The van der Waals surface area contributed by atoms with Crippen LogP contribution in [-0.4, -0.2) is 28.8 Å². The second kappa shape index (κ2) is 2.23. The van der Waals surface area contributed by atoms with Crippen LogP contribution in [0.2, 0.25) is 0 Å². The fourth-order valence-corrected chi connectivity index (χ4v) is 1.03. The van der Waals surface area contributed by atoms with Crippen LogP contribution in [0.15, 0.2) is 0 Å². The van der Waals surface area contributed by atoms with Crippen molar-refractivity contribution in [3.05, 3.63) is 0 Å². The summed E-state index contributed by atoms with van der Waals surface area (Å²) in [6.07, 6.45) is 0.530. The lowest BCUT2D eigenvalue weighted by Crippen LogP contribution is -2.39. The van der Waals surface area contributed by atoms with Gasteiger partial charge in [-0.15, -0.1) is 0 Å². The smallest absolute Gasteiger partial charge is 0.408 e. The van der Waals surface area contributed by atoms with E-state index >= 15 is 0 Å². The molecule has 1 saturated heterocycles. The van der Waals surface area contributed by atoms with Crippen LogP contribution in [0.5, 0.6) is 0 Å². The summed E-state index contributed by atoms with van der Waals surface area (Å²) in [5.41, 5.74) is 5.43. The number of hydrogen-bond donors (Lipinski definition) is 2. The van der Waals surface area contributed by atoms with Gasteiger partial charge in [-0.2, -0.15) is 0 Å². The second-order valence-corrected chi connectivity index (χ2v) is 2.19. The molecule has 1 aliphatic heterocycles. The molecule has 1 fully saturated rings. The van der Waals surface area contributed by atoms with Gasteiger partial charge in [0.2, 0.25) is 0 Å². The van der Waals surface area contributed by atoms with Crippen LogP contribution < -0.4 is 5.73 Å². The van der Waals surface area contributed by atoms with Crippen LogP contribution in [-0.2, 0) is 0 Å². The Kier molecular flexibility index (Phi) is 1.57. The number of amides is 1. The Balaban J connectivity index is 2.49. The van der Waals surface area contributed by atoms with Crippen molar-refractivity contribution < 1.29 is 9.90 Å². The van der Waals surface area contributed by atoms with Crippen molar-refractivity contribution in [3.63, 3.8) is 0 Å². The standard InChI is InChI=1S/C5H10N2O2/c6-4-2-1-3-7(4)5(8)9/h4H,1-3,6H2,(H,8,9)/t4-/m1/s1. The molecular weight excluding hydrogens is 120 g/mol. The van der Waals surface area contributed by atoms with Crippen molar-refractivity contribution in [1.82, 2.24) is 4.90 Å². The maximum absolute atomic E-state index is 10.3. The molecule has 0 aromatic carbocycles. The molecule has 9 heavy (non-hydrogen) atoms. The van der Waals surface area contributed by atoms with Crippen molar-refractivity contribution in [3.8, 4) is 0 Å². The number of hydrogen-bond acceptors (Lipinski definition) is 2. The van der Waals surface area contributed by atoms with Gasteiger partial charge in [-0.05, 0) is 12.8 Å². The molecule has 0 radical (unpaired) electrons. The Morgan fingerprint density at radius 1 is 1.78 bits per heavy atom. The van der Waals surface area contributed by atoms with Gasteiger partial charge in [0.25, 0.3) is 0 Å². The monoisotopic (exact) mass is 130 g/mol. The first-order valence-corrected chi connectivity index (χ1v) is 2.97. The number of nitrogens with zero attached hydrogens (tertiary/aromatic N) is 1. The van der Waals surface area contributed by atoms with Gasteiger partial charge in [0.15, 0.2) is 0 Å². The summed E-state index contributed by atoms with van der Waals surface area (Å²) in [5.74, 6) is 0. The lowest BCUT2D eigenvalue weighted by Gasteiger charge is -2.15. The predicted octanol–water partition coefficient (Wildman–Crippen LogP) is 0.0450. The molecule has 0 saturated carbocycles. The third kappa shape index (κ3) is 1.13. The molecule has 52 valence electrons. The maximum Gasteiger partial charge on any atom is 0.408 e. The first-order valence-electron chi connectivity index (χ1n) is 2.97. The Morgan fingerprint density at radius 3 is 2.67 bits per heavy atom. The SMILES string of the molecule is N[C@H]1CCCN1C(=O)O. The molecule has 4 nitrogen and oxygen atoms in total. The summed E-state index contributed by atoms with van der Waals surface area (Å²) < 4.78 is 0. The van der Waals surface area contributed by atoms with Crippen molar-refractivity contribution in [2.75, 3.05) is 6.54 Å². The molecule has 0 unspecified atom stereocenters. The van der Waals surface area contributed by atoms with E-state index in [2.05, 4.69) is 0 Å². The first-order chi connectivity index (χ1) is 4.22. The van der Waals surface area contributed by atoms with E-state index in [9.17, 15) is 4.79 Å². The van der Waals surface area contributed by atoms with E-state index in [-0.39, 0.29) is 6.17 Å². The van der Waals surface area contributed by atoms with E-state index in [1.807, 2.05) is 0 Å². The summed E-state index contributed by atoms with van der Waals surface area (Å²) in [4.78, 5) is 11.5. The summed E-state index contributed by atoms with van der Waals surface area (Å²) in [5, 5.41) is 8.43. The average molecular weight is 130 g/mol. The summed E-state index contributed by atoms with van der Waals surface area (Å²) >= 11 is 0. The molecular formula is C5H10N2O2. The summed E-state index contributed by atoms with van der Waals surface area (Å²) in [7, 11) is 0. The van der Waals surface area contributed by atoms with Gasteiger partial charge in [0.1, 0.15) is 0 Å². The van der Waals surface area contributed by atoms with Gasteiger partial charge in [0.05, 0.1) is 6.17 Å². The predicted molar refractivity (Wildman–Crippen MR) is 31.9 cm³/mol. The Bertz CT molecular complexity index is 126. The van der Waals surface area contributed by atoms with Gasteiger partial charge < -0.3 is 10.8 Å². The largest absolute Gasteiger partial charge is 0.465 e. The molecule has 1 amide bonds. The maximum atomic E-state index is 10.3. The van der Waals surface area contributed by atoms with Crippen LogP contribution in [0.25, 0.3) is 0 Å². The molecule has 3 N–H and O–H groups in total. The van der Waals surface area contributed by atoms with Gasteiger partial charge >= 0.3 is 6.09 Å². The quantitative estimate of drug-likeness (QED) is 0.486. The van der Waals surface area contributed by atoms with Crippen molar-refractivity contribution in [2.24, 2.45) is 5.73 Å². The van der Waals surface area contributed by atoms with E-state index in [0.29, 0.717) is 6.54 Å². The molecule has 4 heteroatoms. The van der Waals surface area contributed by atoms with Crippen LogP contribution in [0, 0.1) is 0 Å². The average Bonchev–Trinajstić information content (AvgIpc) is 2.13. The Morgan fingerprint density at radius 2 is 2.44 bits per heavy atom. The minimum Gasteiger partial charge on any atom is -0.465 e. The van der Waals surface area contributed by atoms with Gasteiger partial charge in [-0.3, -0.25) is 4.90 Å². The molecule has 1 heterocycles. The zero-order valence-corrected chi connectivity index (χ0v) is 5.08. The van der Waals surface area contributed by atoms with Crippen LogP contribution >= 0.6 is 0 Å². The topological polar surface area (TPSA) is 66.6 Å². The van der Waals surface area contributed by atoms with E-state index in [1.54, 1.807) is 0 Å². The van der Waals surface area contributed by atoms with Crippen molar-refractivity contribution in [1.29, 1.82) is 0 Å². The van der Waals surface area contributed by atoms with E-state index in [1.165, 1.54) is 4.90 Å². The first kappa shape index (κ1) is 6.35. The fraction of sp³-hybridized carbons (Fsp3) is 0.800. The molecule has 1 rings (SSSR count). The number of carboxylic acid groups (broad SMARTS) is 1. The number of rotatable bonds is 0. The molecule has 1 atom stereocenters. The van der Waals surface area contributed by atoms with Gasteiger partial charge in [-0.1, -0.05) is 0 Å². The number of nitrogens with two attached hydrogens (primary N) is 1. The zero-order chi connectivity index (χ0) is 6.85. The van der Waals surface area contributed by atoms with E-state index in [0.717, 1.165) is 12.8 Å². The van der Waals surface area contributed by atoms with Crippen molar-refractivity contribution >= 4 is 6.09 Å². The van der Waals surface area contributed by atoms with Crippen LogP contribution in [0.4, 0.5) is 4.79 Å². The third-order valence-corrected chi connectivity index (χ3v) is 1.54. The summed E-state index contributed by atoms with van der Waals surface area (Å²) in [6, 6.07) is 0. The number of carbonyl (C=O) groups is 1. The molecule has 0 aromatic heterocycles. The molecule has 0 aromatic rings. The highest BCUT2D eigenvalue weighted by molar-refractivity contribution is 5.65. The third-order valence-electron chi connectivity index (χ3n) is 1.54. The molecule has 0 spiro atoms. The van der Waals surface area contributed by atoms with E-state index < -0.39 is 6.09 Å². The zero-order valence-electron chi connectivity index (χ0n) is 5.08. The van der Waals surface area contributed by atoms with Gasteiger partial charge in [0, 0.05) is 6.54 Å². The highest BCUT2D eigenvalue weighted by atomic mass is 16.4. The minimum absolute atomic E-state index is 0.262. The minimum atomic E-state index is -0.903.